The highest BCUT2D eigenvalue weighted by Gasteiger charge is 2.69. The minimum absolute atomic E-state index is 0.00655. The van der Waals surface area contributed by atoms with Crippen molar-refractivity contribution in [2.45, 2.75) is 43.1 Å². The molecule has 0 spiro atoms. The minimum atomic E-state index is -0.446. The lowest BCUT2D eigenvalue weighted by Crippen LogP contribution is -2.42. The van der Waals surface area contributed by atoms with Crippen molar-refractivity contribution in [3.8, 4) is 11.5 Å². The second-order valence-corrected chi connectivity index (χ2v) is 15.1. The Labute approximate surface area is 285 Å². The fourth-order valence-electron chi connectivity index (χ4n) is 8.53. The topological polar surface area (TPSA) is 115 Å². The van der Waals surface area contributed by atoms with Gasteiger partial charge in [0, 0.05) is 16.0 Å². The van der Waals surface area contributed by atoms with E-state index < -0.39 is 17.8 Å². The molecule has 1 N–H and O–H groups in total. The monoisotopic (exact) mass is 682 g/mol. The summed E-state index contributed by atoms with van der Waals surface area (Å²) >= 11 is 2.88. The van der Waals surface area contributed by atoms with Gasteiger partial charge in [0.25, 0.3) is 0 Å². The van der Waals surface area contributed by atoms with Gasteiger partial charge in [0.2, 0.25) is 11.8 Å². The van der Waals surface area contributed by atoms with Gasteiger partial charge in [0.15, 0.2) is 11.5 Å². The van der Waals surface area contributed by atoms with Gasteiger partial charge in [0.05, 0.1) is 41.8 Å². The standard InChI is InChI=1S/C37H34N2O7S2/c1-4-45-36(42)19-9-12-22(13-10-19)39-34(40)29-23-16-24(30(29)35(39)41)31-28(23)27(32-33(47-31)38-37(43)48-32)20-11-14-25(26(15-20)44-3)46-17-21-8-6-5-7-18(21)2/h5-15,23-24,27-31H,4,16-17H2,1-3H3,(H,38,43)/t23-,24-,27?,28?,29?,30?,31?/m1/s1. The summed E-state index contributed by atoms with van der Waals surface area (Å²) in [6, 6.07) is 20.6. The van der Waals surface area contributed by atoms with E-state index in [2.05, 4.69) is 18.0 Å². The lowest BCUT2D eigenvalue weighted by atomic mass is 9.68. The maximum Gasteiger partial charge on any atom is 0.338 e. The number of carbonyl (C=O) groups excluding carboxylic acids is 3. The Morgan fingerprint density at radius 2 is 1.71 bits per heavy atom. The Hall–Kier alpha value is -4.35. The molecular weight excluding hydrogens is 649 g/mol. The molecule has 7 atom stereocenters. The van der Waals surface area contributed by atoms with Gasteiger partial charge in [0.1, 0.15) is 6.61 Å². The van der Waals surface area contributed by atoms with Gasteiger partial charge in [-0.05, 0) is 91.1 Å². The number of methoxy groups -OCH3 is 1. The molecule has 48 heavy (non-hydrogen) atoms. The molecule has 3 fully saturated rings. The van der Waals surface area contributed by atoms with E-state index in [-0.39, 0.29) is 52.2 Å². The molecule has 8 rings (SSSR count). The maximum absolute atomic E-state index is 14.2. The van der Waals surface area contributed by atoms with Crippen molar-refractivity contribution < 1.29 is 28.6 Å². The van der Waals surface area contributed by atoms with Crippen LogP contribution >= 0.6 is 23.1 Å². The minimum Gasteiger partial charge on any atom is -0.493 e. The third-order valence-electron chi connectivity index (χ3n) is 10.6. The zero-order valence-electron chi connectivity index (χ0n) is 26.6. The first-order valence-electron chi connectivity index (χ1n) is 16.2. The Bertz CT molecular complexity index is 2000. The van der Waals surface area contributed by atoms with Crippen LogP contribution in [0.25, 0.3) is 0 Å². The summed E-state index contributed by atoms with van der Waals surface area (Å²) in [7, 11) is 1.62. The molecule has 1 saturated heterocycles. The lowest BCUT2D eigenvalue weighted by molar-refractivity contribution is -0.123. The number of hydrogen-bond acceptors (Lipinski definition) is 9. The van der Waals surface area contributed by atoms with Crippen LogP contribution in [0.5, 0.6) is 11.5 Å². The fourth-order valence-corrected chi connectivity index (χ4v) is 11.4. The zero-order valence-corrected chi connectivity index (χ0v) is 28.3. The quantitative estimate of drug-likeness (QED) is 0.173. The number of nitrogens with zero attached hydrogens (tertiary/aromatic N) is 1. The van der Waals surface area contributed by atoms with E-state index in [9.17, 15) is 19.2 Å². The van der Waals surface area contributed by atoms with Gasteiger partial charge in [-0.15, -0.1) is 11.8 Å². The molecule has 2 bridgehead atoms. The van der Waals surface area contributed by atoms with Gasteiger partial charge in [-0.2, -0.15) is 0 Å². The lowest BCUT2D eigenvalue weighted by Gasteiger charge is -2.43. The summed E-state index contributed by atoms with van der Waals surface area (Å²) in [6.07, 6.45) is 0.787. The van der Waals surface area contributed by atoms with Crippen molar-refractivity contribution in [1.29, 1.82) is 0 Å². The number of imide groups is 1. The second kappa shape index (κ2) is 12.0. The first-order valence-corrected chi connectivity index (χ1v) is 17.9. The summed E-state index contributed by atoms with van der Waals surface area (Å²) in [6.45, 7) is 4.46. The first-order chi connectivity index (χ1) is 23.3. The molecule has 5 unspecified atom stereocenters. The predicted octanol–water partition coefficient (Wildman–Crippen LogP) is 6.19. The molecule has 2 aliphatic heterocycles. The molecule has 3 aromatic carbocycles. The average Bonchev–Trinajstić information content (AvgIpc) is 3.83. The third kappa shape index (κ3) is 4.81. The van der Waals surface area contributed by atoms with Gasteiger partial charge in [-0.3, -0.25) is 19.3 Å². The van der Waals surface area contributed by atoms with E-state index in [0.717, 1.165) is 33.0 Å². The number of H-pyrrole nitrogens is 1. The van der Waals surface area contributed by atoms with Crippen LogP contribution in [-0.2, 0) is 20.9 Å². The summed E-state index contributed by atoms with van der Waals surface area (Å²) in [5, 5.41) is 0.909. The highest BCUT2D eigenvalue weighted by atomic mass is 32.2. The largest absolute Gasteiger partial charge is 0.493 e. The van der Waals surface area contributed by atoms with E-state index in [1.165, 1.54) is 16.2 Å². The number of rotatable bonds is 8. The average molecular weight is 683 g/mol. The smallest absolute Gasteiger partial charge is 0.338 e. The Balaban J connectivity index is 1.12. The number of anilines is 1. The number of fused-ring (bicyclic) bond motifs is 9. The van der Waals surface area contributed by atoms with Crippen molar-refractivity contribution in [1.82, 2.24) is 4.98 Å². The number of benzene rings is 3. The maximum atomic E-state index is 14.2. The van der Waals surface area contributed by atoms with Crippen LogP contribution in [0.3, 0.4) is 0 Å². The van der Waals surface area contributed by atoms with Gasteiger partial charge in [-0.25, -0.2) is 4.79 Å². The number of aryl methyl sites for hydroxylation is 1. The predicted molar refractivity (Wildman–Crippen MR) is 182 cm³/mol. The highest BCUT2D eigenvalue weighted by Crippen LogP contribution is 2.68. The molecule has 0 radical (unpaired) electrons. The second-order valence-electron chi connectivity index (χ2n) is 12.9. The number of amides is 2. The number of aromatic amines is 1. The van der Waals surface area contributed by atoms with E-state index in [1.807, 2.05) is 36.4 Å². The summed E-state index contributed by atoms with van der Waals surface area (Å²) in [5.74, 6) is -0.575. The molecule has 2 amide bonds. The van der Waals surface area contributed by atoms with Crippen LogP contribution in [0.2, 0.25) is 0 Å². The molecule has 2 saturated carbocycles. The molecule has 1 aromatic heterocycles. The van der Waals surface area contributed by atoms with Gasteiger partial charge in [-0.1, -0.05) is 41.7 Å². The van der Waals surface area contributed by atoms with Crippen molar-refractivity contribution in [2.75, 3.05) is 18.6 Å². The van der Waals surface area contributed by atoms with Crippen molar-refractivity contribution in [3.63, 3.8) is 0 Å². The Morgan fingerprint density at radius 3 is 2.44 bits per heavy atom. The van der Waals surface area contributed by atoms with Crippen LogP contribution in [0.15, 0.2) is 76.6 Å². The summed E-state index contributed by atoms with van der Waals surface area (Å²) in [5.41, 5.74) is 4.07. The normalized spacial score (nSPS) is 26.6. The molecule has 9 nitrogen and oxygen atoms in total. The zero-order chi connectivity index (χ0) is 33.3. The molecule has 4 aromatic rings. The first kappa shape index (κ1) is 31.0. The van der Waals surface area contributed by atoms with Crippen LogP contribution < -0.4 is 19.2 Å². The van der Waals surface area contributed by atoms with E-state index in [0.29, 0.717) is 29.4 Å². The van der Waals surface area contributed by atoms with Gasteiger partial charge >= 0.3 is 10.8 Å². The van der Waals surface area contributed by atoms with E-state index in [1.54, 1.807) is 50.1 Å². The summed E-state index contributed by atoms with van der Waals surface area (Å²) in [4.78, 5) is 58.3. The van der Waals surface area contributed by atoms with E-state index in [4.69, 9.17) is 14.2 Å². The Kier molecular flexibility index (Phi) is 7.71. The number of hydrogen-bond donors (Lipinski definition) is 1. The highest BCUT2D eigenvalue weighted by molar-refractivity contribution is 8.00. The van der Waals surface area contributed by atoms with Crippen LogP contribution in [0.4, 0.5) is 5.69 Å². The third-order valence-corrected chi connectivity index (χ3v) is 13.1. The number of carbonyl (C=O) groups is 3. The van der Waals surface area contributed by atoms with Crippen molar-refractivity contribution in [2.24, 2.45) is 29.6 Å². The summed E-state index contributed by atoms with van der Waals surface area (Å²) < 4.78 is 17.1. The number of thiazole rings is 1. The molecule has 246 valence electrons. The van der Waals surface area contributed by atoms with Crippen molar-refractivity contribution >= 4 is 46.6 Å². The van der Waals surface area contributed by atoms with Gasteiger partial charge < -0.3 is 19.2 Å². The Morgan fingerprint density at radius 1 is 0.958 bits per heavy atom. The fraction of sp³-hybridized carbons (Fsp3) is 0.351. The molecule has 2 aliphatic carbocycles. The van der Waals surface area contributed by atoms with Crippen LogP contribution in [0, 0.1) is 36.5 Å². The van der Waals surface area contributed by atoms with Crippen LogP contribution in [-0.4, -0.2) is 41.7 Å². The number of nitrogens with one attached hydrogen (secondary N) is 1. The number of thioether (sulfide) groups is 1. The number of aromatic nitrogens is 1. The molecule has 11 heteroatoms. The SMILES string of the molecule is CCOC(=O)c1ccc(N2C(=O)C3C(C2=O)[C@@H]2C[C@H]3C3Sc4[nH]c(=O)sc4C(c4ccc(OCc5ccccc5C)c(OC)c4)C32)cc1. The molecular formula is C37H34N2O7S2. The van der Waals surface area contributed by atoms with Crippen LogP contribution in [0.1, 0.15) is 51.2 Å². The van der Waals surface area contributed by atoms with Crippen molar-refractivity contribution in [3.05, 3.63) is 104 Å². The van der Waals surface area contributed by atoms with E-state index >= 15 is 0 Å². The number of esters is 1. The molecule has 4 aliphatic rings. The molecule has 3 heterocycles. The number of ether oxygens (including phenoxy) is 3.